The molecule has 0 aromatic carbocycles. The van der Waals surface area contributed by atoms with Crippen molar-refractivity contribution in [3.05, 3.63) is 29.8 Å². The molecule has 1 saturated heterocycles. The fourth-order valence-corrected chi connectivity index (χ4v) is 2.66. The molecule has 1 aliphatic heterocycles. The van der Waals surface area contributed by atoms with Crippen molar-refractivity contribution in [3.63, 3.8) is 0 Å². The van der Waals surface area contributed by atoms with Crippen molar-refractivity contribution < 1.29 is 9.26 Å². The summed E-state index contributed by atoms with van der Waals surface area (Å²) >= 11 is 0. The van der Waals surface area contributed by atoms with Crippen LogP contribution in [0, 0.1) is 17.2 Å². The highest BCUT2D eigenvalue weighted by molar-refractivity contribution is 5.35. The van der Waals surface area contributed by atoms with Crippen molar-refractivity contribution in [3.8, 4) is 6.07 Å². The summed E-state index contributed by atoms with van der Waals surface area (Å²) in [6.07, 6.45) is 4.79. The molecule has 0 amide bonds. The Morgan fingerprint density at radius 1 is 1.25 bits per heavy atom. The van der Waals surface area contributed by atoms with Gasteiger partial charge in [0.25, 0.3) is 0 Å². The fraction of sp³-hybridized carbons (Fsp3) is 0.562. The Morgan fingerprint density at radius 2 is 2.04 bits per heavy atom. The van der Waals surface area contributed by atoms with Crippen LogP contribution in [0.15, 0.2) is 16.9 Å². The zero-order chi connectivity index (χ0) is 16.9. The maximum Gasteiger partial charge on any atom is 0.249 e. The van der Waals surface area contributed by atoms with Gasteiger partial charge in [0.05, 0.1) is 12.4 Å². The highest BCUT2D eigenvalue weighted by atomic mass is 16.5. The summed E-state index contributed by atoms with van der Waals surface area (Å²) in [5.41, 5.74) is 0.281. The van der Waals surface area contributed by atoms with Gasteiger partial charge in [0.1, 0.15) is 17.9 Å². The smallest absolute Gasteiger partial charge is 0.249 e. The van der Waals surface area contributed by atoms with E-state index < -0.39 is 0 Å². The number of ether oxygens (including phenoxy) is 1. The number of nitrogens with one attached hydrogen (secondary N) is 1. The summed E-state index contributed by atoms with van der Waals surface area (Å²) < 4.78 is 10.9. The summed E-state index contributed by atoms with van der Waals surface area (Å²) in [6.45, 7) is 5.48. The molecular weight excluding hydrogens is 308 g/mol. The van der Waals surface area contributed by atoms with Crippen LogP contribution >= 0.6 is 0 Å². The SMILES string of the molecule is CC(C)c1noc(C(Nc2cnc(C#N)cn2)C2CCOCC2)n1. The van der Waals surface area contributed by atoms with Crippen LogP contribution in [0.2, 0.25) is 0 Å². The molecule has 1 aliphatic rings. The van der Waals surface area contributed by atoms with E-state index in [4.69, 9.17) is 14.5 Å². The van der Waals surface area contributed by atoms with Gasteiger partial charge in [0, 0.05) is 19.1 Å². The quantitative estimate of drug-likeness (QED) is 0.891. The molecule has 126 valence electrons. The van der Waals surface area contributed by atoms with E-state index >= 15 is 0 Å². The maximum atomic E-state index is 8.83. The monoisotopic (exact) mass is 328 g/mol. The van der Waals surface area contributed by atoms with Crippen LogP contribution in [0.5, 0.6) is 0 Å². The second kappa shape index (κ2) is 7.36. The number of nitrogens with zero attached hydrogens (tertiary/aromatic N) is 5. The first kappa shape index (κ1) is 16.3. The first-order valence-electron chi connectivity index (χ1n) is 8.07. The lowest BCUT2D eigenvalue weighted by molar-refractivity contribution is 0.0570. The fourth-order valence-electron chi connectivity index (χ4n) is 2.66. The molecule has 0 aliphatic carbocycles. The molecule has 3 rings (SSSR count). The van der Waals surface area contributed by atoms with E-state index in [-0.39, 0.29) is 17.7 Å². The van der Waals surface area contributed by atoms with Gasteiger partial charge in [-0.1, -0.05) is 19.0 Å². The Morgan fingerprint density at radius 3 is 2.62 bits per heavy atom. The molecule has 2 aromatic rings. The molecule has 1 fully saturated rings. The van der Waals surface area contributed by atoms with Crippen molar-refractivity contribution in [1.82, 2.24) is 20.1 Å². The second-order valence-corrected chi connectivity index (χ2v) is 6.12. The zero-order valence-corrected chi connectivity index (χ0v) is 13.8. The van der Waals surface area contributed by atoms with Gasteiger partial charge in [-0.3, -0.25) is 0 Å². The number of anilines is 1. The topological polar surface area (TPSA) is 110 Å². The molecule has 1 atom stereocenters. The van der Waals surface area contributed by atoms with E-state index in [9.17, 15) is 0 Å². The van der Waals surface area contributed by atoms with Gasteiger partial charge < -0.3 is 14.6 Å². The first-order chi connectivity index (χ1) is 11.7. The molecular formula is C16H20N6O2. The lowest BCUT2D eigenvalue weighted by atomic mass is 9.91. The molecule has 0 saturated carbocycles. The third-order valence-corrected chi connectivity index (χ3v) is 4.05. The number of aromatic nitrogens is 4. The summed E-state index contributed by atoms with van der Waals surface area (Å²) in [4.78, 5) is 12.8. The van der Waals surface area contributed by atoms with Gasteiger partial charge >= 0.3 is 0 Å². The van der Waals surface area contributed by atoms with Crippen LogP contribution in [0.3, 0.4) is 0 Å². The van der Waals surface area contributed by atoms with E-state index in [0.717, 1.165) is 12.8 Å². The van der Waals surface area contributed by atoms with Crippen molar-refractivity contribution in [2.24, 2.45) is 5.92 Å². The van der Waals surface area contributed by atoms with Crippen LogP contribution in [0.4, 0.5) is 5.82 Å². The first-order valence-corrected chi connectivity index (χ1v) is 8.07. The minimum absolute atomic E-state index is 0.156. The van der Waals surface area contributed by atoms with Crippen molar-refractivity contribution in [2.75, 3.05) is 18.5 Å². The number of rotatable bonds is 5. The van der Waals surface area contributed by atoms with Crippen LogP contribution < -0.4 is 5.32 Å². The van der Waals surface area contributed by atoms with Gasteiger partial charge in [-0.2, -0.15) is 10.2 Å². The third kappa shape index (κ3) is 3.68. The van der Waals surface area contributed by atoms with Gasteiger partial charge in [0.2, 0.25) is 5.89 Å². The summed E-state index contributed by atoms with van der Waals surface area (Å²) in [5, 5.41) is 16.2. The Bertz CT molecular complexity index is 700. The zero-order valence-electron chi connectivity index (χ0n) is 13.8. The number of nitriles is 1. The second-order valence-electron chi connectivity index (χ2n) is 6.12. The Hall–Kier alpha value is -2.53. The third-order valence-electron chi connectivity index (χ3n) is 4.05. The van der Waals surface area contributed by atoms with Crippen LogP contribution in [-0.2, 0) is 4.74 Å². The van der Waals surface area contributed by atoms with Crippen LogP contribution in [0.1, 0.15) is 56.1 Å². The highest BCUT2D eigenvalue weighted by Crippen LogP contribution is 2.32. The van der Waals surface area contributed by atoms with Gasteiger partial charge in [-0.25, -0.2) is 9.97 Å². The summed E-state index contributed by atoms with van der Waals surface area (Å²) in [7, 11) is 0. The molecule has 3 heterocycles. The van der Waals surface area contributed by atoms with Gasteiger partial charge in [-0.05, 0) is 18.8 Å². The van der Waals surface area contributed by atoms with Crippen LogP contribution in [-0.4, -0.2) is 33.3 Å². The predicted octanol–water partition coefficient (Wildman–Crippen LogP) is 2.43. The minimum atomic E-state index is -0.156. The molecule has 0 bridgehead atoms. The van der Waals surface area contributed by atoms with Crippen molar-refractivity contribution in [1.29, 1.82) is 5.26 Å². The largest absolute Gasteiger partial charge is 0.381 e. The highest BCUT2D eigenvalue weighted by Gasteiger charge is 2.30. The normalized spacial score (nSPS) is 16.8. The predicted molar refractivity (Wildman–Crippen MR) is 85.0 cm³/mol. The van der Waals surface area contributed by atoms with Crippen molar-refractivity contribution >= 4 is 5.82 Å². The summed E-state index contributed by atoms with van der Waals surface area (Å²) in [5.74, 6) is 2.32. The minimum Gasteiger partial charge on any atom is -0.381 e. The standard InChI is InChI=1S/C16H20N6O2/c1-10(2)15-21-16(24-22-15)14(11-3-5-23-6-4-11)20-13-9-18-12(7-17)8-19-13/h8-11,14H,3-6H2,1-2H3,(H,19,20). The molecule has 8 heteroatoms. The Labute approximate surface area is 140 Å². The van der Waals surface area contributed by atoms with E-state index in [2.05, 4.69) is 25.4 Å². The van der Waals surface area contributed by atoms with Crippen molar-refractivity contribution in [2.45, 2.75) is 38.6 Å². The van der Waals surface area contributed by atoms with Gasteiger partial charge in [-0.15, -0.1) is 0 Å². The van der Waals surface area contributed by atoms with E-state index in [1.807, 2.05) is 19.9 Å². The maximum absolute atomic E-state index is 8.83. The summed E-state index contributed by atoms with van der Waals surface area (Å²) in [6, 6.07) is 1.80. The number of hydrogen-bond acceptors (Lipinski definition) is 8. The Balaban J connectivity index is 1.84. The Kier molecular flexibility index (Phi) is 5.01. The molecule has 24 heavy (non-hydrogen) atoms. The average Bonchev–Trinajstić information content (AvgIpc) is 3.11. The average molecular weight is 328 g/mol. The molecule has 0 spiro atoms. The van der Waals surface area contributed by atoms with Gasteiger partial charge in [0.15, 0.2) is 11.5 Å². The van der Waals surface area contributed by atoms with Crippen LogP contribution in [0.25, 0.3) is 0 Å². The lowest BCUT2D eigenvalue weighted by Gasteiger charge is -2.28. The lowest BCUT2D eigenvalue weighted by Crippen LogP contribution is -2.27. The molecule has 1 N–H and O–H groups in total. The molecule has 8 nitrogen and oxygen atoms in total. The molecule has 1 unspecified atom stereocenters. The molecule has 2 aromatic heterocycles. The van der Waals surface area contributed by atoms with E-state index in [1.165, 1.54) is 6.20 Å². The number of hydrogen-bond donors (Lipinski definition) is 1. The molecule has 0 radical (unpaired) electrons. The van der Waals surface area contributed by atoms with E-state index in [1.54, 1.807) is 6.20 Å². The van der Waals surface area contributed by atoms with E-state index in [0.29, 0.717) is 36.7 Å².